The number of aliphatic hydroxyl groups is 7. The fourth-order valence-electron chi connectivity index (χ4n) is 10.1. The fourth-order valence-corrected chi connectivity index (χ4v) is 10.1. The van der Waals surface area contributed by atoms with Crippen molar-refractivity contribution in [2.75, 3.05) is 13.2 Å². The smallest absolute Gasteiger partial charge is 0.186 e. The average Bonchev–Trinajstić information content (AvgIpc) is 3.24. The molecule has 0 radical (unpaired) electrons. The second-order valence-electron chi connectivity index (χ2n) is 13.5. The molecule has 6 rings (SSSR count). The van der Waals surface area contributed by atoms with Crippen molar-refractivity contribution in [1.82, 2.24) is 0 Å². The summed E-state index contributed by atoms with van der Waals surface area (Å²) in [7, 11) is 0. The van der Waals surface area contributed by atoms with E-state index in [1.165, 1.54) is 0 Å². The fraction of sp³-hybridized carbons (Fsp3) is 1.00. The van der Waals surface area contributed by atoms with Gasteiger partial charge in [-0.2, -0.15) is 0 Å². The predicted molar refractivity (Wildman–Crippen MR) is 123 cm³/mol. The van der Waals surface area contributed by atoms with Crippen LogP contribution in [0.25, 0.3) is 0 Å². The van der Waals surface area contributed by atoms with Crippen LogP contribution in [0.5, 0.6) is 0 Å². The minimum absolute atomic E-state index is 0.0994. The molecule has 6 aliphatic rings. The highest BCUT2D eigenvalue weighted by Crippen LogP contribution is 2.82. The molecule has 36 heavy (non-hydrogen) atoms. The molecular weight excluding hydrogens is 472 g/mol. The van der Waals surface area contributed by atoms with Gasteiger partial charge in [0.15, 0.2) is 12.1 Å². The Kier molecular flexibility index (Phi) is 5.47. The van der Waals surface area contributed by atoms with Crippen LogP contribution in [0, 0.1) is 40.4 Å². The van der Waals surface area contributed by atoms with E-state index in [4.69, 9.17) is 14.2 Å². The first-order valence-corrected chi connectivity index (χ1v) is 13.4. The molecule has 4 aliphatic carbocycles. The van der Waals surface area contributed by atoms with Crippen molar-refractivity contribution in [1.29, 1.82) is 0 Å². The van der Waals surface area contributed by atoms with Crippen LogP contribution >= 0.6 is 0 Å². The summed E-state index contributed by atoms with van der Waals surface area (Å²) in [5.41, 5.74) is -3.64. The number of rotatable bonds is 5. The first kappa shape index (κ1) is 25.9. The van der Waals surface area contributed by atoms with Gasteiger partial charge in [-0.05, 0) is 55.3 Å². The Morgan fingerprint density at radius 3 is 2.39 bits per heavy atom. The zero-order valence-corrected chi connectivity index (χ0v) is 21.4. The molecule has 6 fully saturated rings. The van der Waals surface area contributed by atoms with E-state index in [0.717, 1.165) is 6.42 Å². The maximum absolute atomic E-state index is 12.5. The van der Waals surface area contributed by atoms with Crippen LogP contribution in [0.2, 0.25) is 0 Å². The molecule has 0 amide bonds. The molecule has 10 heteroatoms. The summed E-state index contributed by atoms with van der Waals surface area (Å²) in [5, 5.41) is 75.8. The van der Waals surface area contributed by atoms with Crippen molar-refractivity contribution in [2.45, 2.75) is 107 Å². The van der Waals surface area contributed by atoms with E-state index in [0.29, 0.717) is 19.3 Å². The molecule has 4 saturated carbocycles. The van der Waals surface area contributed by atoms with Crippen LogP contribution in [-0.2, 0) is 14.2 Å². The number of aliphatic hydroxyl groups excluding tert-OH is 4. The molecule has 16 atom stereocenters. The van der Waals surface area contributed by atoms with E-state index in [-0.39, 0.29) is 41.6 Å². The summed E-state index contributed by atoms with van der Waals surface area (Å²) in [5.74, 6) is -2.11. The van der Waals surface area contributed by atoms with Gasteiger partial charge < -0.3 is 50.0 Å². The van der Waals surface area contributed by atoms with Crippen molar-refractivity contribution in [2.24, 2.45) is 40.4 Å². The largest absolute Gasteiger partial charge is 0.394 e. The molecule has 0 aromatic carbocycles. The molecule has 16 unspecified atom stereocenters. The lowest BCUT2D eigenvalue weighted by Gasteiger charge is -2.62. The average molecular weight is 515 g/mol. The molecular formula is C26H42O10. The van der Waals surface area contributed by atoms with Gasteiger partial charge in [0.2, 0.25) is 0 Å². The van der Waals surface area contributed by atoms with Crippen LogP contribution in [-0.4, -0.2) is 103 Å². The zero-order chi connectivity index (χ0) is 26.2. The SMILES string of the molecule is CC(COC1OC(CO)C(O)C(O)C1O)C1CC2C3(C)CC4(O)OC(C5C3CCC5(C)O)C2(O)C14C. The van der Waals surface area contributed by atoms with Gasteiger partial charge in [0, 0.05) is 12.3 Å². The summed E-state index contributed by atoms with van der Waals surface area (Å²) < 4.78 is 17.8. The van der Waals surface area contributed by atoms with E-state index < -0.39 is 65.8 Å². The number of fused-ring (bicyclic) bond motifs is 3. The Morgan fingerprint density at radius 2 is 1.72 bits per heavy atom. The van der Waals surface area contributed by atoms with E-state index in [1.54, 1.807) is 0 Å². The third-order valence-corrected chi connectivity index (χ3v) is 11.9. The van der Waals surface area contributed by atoms with Crippen LogP contribution in [0.4, 0.5) is 0 Å². The van der Waals surface area contributed by atoms with Crippen molar-refractivity contribution in [3.63, 3.8) is 0 Å². The van der Waals surface area contributed by atoms with Gasteiger partial charge in [-0.15, -0.1) is 0 Å². The second-order valence-corrected chi connectivity index (χ2v) is 13.5. The first-order chi connectivity index (χ1) is 16.7. The number of hydrogen-bond donors (Lipinski definition) is 7. The maximum Gasteiger partial charge on any atom is 0.186 e. The Hall–Kier alpha value is -0.400. The summed E-state index contributed by atoms with van der Waals surface area (Å²) >= 11 is 0. The van der Waals surface area contributed by atoms with Crippen molar-refractivity contribution < 1.29 is 50.0 Å². The monoisotopic (exact) mass is 514 g/mol. The van der Waals surface area contributed by atoms with E-state index in [9.17, 15) is 35.7 Å². The molecule has 2 aliphatic heterocycles. The van der Waals surface area contributed by atoms with Crippen LogP contribution < -0.4 is 0 Å². The van der Waals surface area contributed by atoms with Gasteiger partial charge in [0.25, 0.3) is 0 Å². The predicted octanol–water partition coefficient (Wildman–Crippen LogP) is -0.899. The highest BCUT2D eigenvalue weighted by atomic mass is 16.7. The van der Waals surface area contributed by atoms with E-state index in [2.05, 4.69) is 6.92 Å². The van der Waals surface area contributed by atoms with Crippen LogP contribution in [0.15, 0.2) is 0 Å². The summed E-state index contributed by atoms with van der Waals surface area (Å²) in [6.07, 6.45) is -4.83. The lowest BCUT2D eigenvalue weighted by Crippen LogP contribution is -2.71. The summed E-state index contributed by atoms with van der Waals surface area (Å²) in [4.78, 5) is 0. The molecule has 0 aromatic heterocycles. The van der Waals surface area contributed by atoms with Gasteiger partial charge >= 0.3 is 0 Å². The standard InChI is InChI=1S/C26H42O10/c1-11(9-34-21-19(30)18(29)17(28)14(8-27)35-21)13-7-15-22(2)10-25(32)24(13,4)26(15,33)20(36-25)16-12(22)5-6-23(16,3)31/h11-21,27-33H,5-10H2,1-4H3. The van der Waals surface area contributed by atoms with Gasteiger partial charge in [-0.25, -0.2) is 0 Å². The van der Waals surface area contributed by atoms with Gasteiger partial charge in [-0.3, -0.25) is 0 Å². The highest BCUT2D eigenvalue weighted by Gasteiger charge is 2.89. The minimum atomic E-state index is -1.54. The Balaban J connectivity index is 1.28. The topological polar surface area (TPSA) is 169 Å². The molecule has 0 spiro atoms. The number of ether oxygens (including phenoxy) is 3. The van der Waals surface area contributed by atoms with Gasteiger partial charge in [0.05, 0.1) is 30.3 Å². The molecule has 0 aromatic rings. The van der Waals surface area contributed by atoms with Crippen LogP contribution in [0.3, 0.4) is 0 Å². The van der Waals surface area contributed by atoms with Gasteiger partial charge in [0.1, 0.15) is 30.0 Å². The molecule has 2 saturated heterocycles. The van der Waals surface area contributed by atoms with Crippen molar-refractivity contribution >= 4 is 0 Å². The minimum Gasteiger partial charge on any atom is -0.394 e. The molecule has 10 nitrogen and oxygen atoms in total. The first-order valence-electron chi connectivity index (χ1n) is 13.4. The van der Waals surface area contributed by atoms with Crippen molar-refractivity contribution in [3.8, 4) is 0 Å². The second kappa shape index (κ2) is 7.62. The van der Waals surface area contributed by atoms with Crippen molar-refractivity contribution in [3.05, 3.63) is 0 Å². The third-order valence-electron chi connectivity index (χ3n) is 11.9. The quantitative estimate of drug-likeness (QED) is 0.244. The third kappa shape index (κ3) is 2.77. The number of hydrogen-bond acceptors (Lipinski definition) is 10. The lowest BCUT2D eigenvalue weighted by molar-refractivity contribution is -0.307. The van der Waals surface area contributed by atoms with Gasteiger partial charge in [-0.1, -0.05) is 20.8 Å². The zero-order valence-electron chi connectivity index (χ0n) is 21.4. The molecule has 7 N–H and O–H groups in total. The Labute approximate surface area is 211 Å². The highest BCUT2D eigenvalue weighted by molar-refractivity contribution is 5.35. The van der Waals surface area contributed by atoms with E-state index >= 15 is 0 Å². The molecule has 5 bridgehead atoms. The normalized spacial score (nSPS) is 64.1. The lowest BCUT2D eigenvalue weighted by atomic mass is 9.43. The maximum atomic E-state index is 12.5. The Morgan fingerprint density at radius 1 is 1.03 bits per heavy atom. The summed E-state index contributed by atoms with van der Waals surface area (Å²) in [6, 6.07) is 0. The molecule has 206 valence electrons. The summed E-state index contributed by atoms with van der Waals surface area (Å²) in [6.45, 7) is 7.42. The van der Waals surface area contributed by atoms with Crippen LogP contribution in [0.1, 0.15) is 53.4 Å². The Bertz CT molecular complexity index is 913. The molecule has 2 heterocycles. The van der Waals surface area contributed by atoms with E-state index in [1.807, 2.05) is 20.8 Å².